The van der Waals surface area contributed by atoms with Gasteiger partial charge in [0, 0.05) is 34.7 Å². The fourth-order valence-corrected chi connectivity index (χ4v) is 4.45. The van der Waals surface area contributed by atoms with Crippen LogP contribution >= 0.6 is 0 Å². The minimum Gasteiger partial charge on any atom is -0.497 e. The minimum atomic E-state index is -0.204. The second kappa shape index (κ2) is 9.70. The van der Waals surface area contributed by atoms with Crippen LogP contribution in [0.3, 0.4) is 0 Å². The fourth-order valence-electron chi connectivity index (χ4n) is 4.45. The molecule has 36 heavy (non-hydrogen) atoms. The summed E-state index contributed by atoms with van der Waals surface area (Å²) in [5, 5.41) is 3.88. The first-order chi connectivity index (χ1) is 17.5. The Balaban J connectivity index is 1.44. The Hall–Kier alpha value is -4.39. The van der Waals surface area contributed by atoms with E-state index in [4.69, 9.17) is 23.4 Å². The van der Waals surface area contributed by atoms with E-state index in [2.05, 4.69) is 5.32 Å². The van der Waals surface area contributed by atoms with E-state index in [0.717, 1.165) is 50.1 Å². The van der Waals surface area contributed by atoms with Gasteiger partial charge in [-0.2, -0.15) is 0 Å². The first-order valence-electron chi connectivity index (χ1n) is 11.6. The second-order valence-electron chi connectivity index (χ2n) is 8.57. The zero-order valence-corrected chi connectivity index (χ0v) is 20.6. The Morgan fingerprint density at radius 1 is 1.06 bits per heavy atom. The SMILES string of the molecule is COc1cccc(-c2coc3c(C)c(OC)c(/C(C)=C/C(=O)NCc4ccc5c(c4)OCO5)cc23)c1. The summed E-state index contributed by atoms with van der Waals surface area (Å²) >= 11 is 0. The van der Waals surface area contributed by atoms with E-state index >= 15 is 0 Å². The fraction of sp³-hybridized carbons (Fsp3) is 0.207. The van der Waals surface area contributed by atoms with E-state index in [1.54, 1.807) is 26.6 Å². The predicted octanol–water partition coefficient (Wildman–Crippen LogP) is 5.87. The number of carbonyl (C=O) groups is 1. The Kier molecular flexibility index (Phi) is 6.29. The summed E-state index contributed by atoms with van der Waals surface area (Å²) in [6.45, 7) is 4.44. The van der Waals surface area contributed by atoms with Gasteiger partial charge in [0.15, 0.2) is 11.5 Å². The molecule has 1 amide bonds. The molecule has 0 saturated heterocycles. The molecule has 1 aliphatic heterocycles. The van der Waals surface area contributed by atoms with Gasteiger partial charge in [-0.25, -0.2) is 0 Å². The molecule has 7 nitrogen and oxygen atoms in total. The van der Waals surface area contributed by atoms with Gasteiger partial charge in [-0.15, -0.1) is 0 Å². The van der Waals surface area contributed by atoms with Crippen molar-refractivity contribution in [3.05, 3.63) is 77.6 Å². The molecule has 2 heterocycles. The summed E-state index contributed by atoms with van der Waals surface area (Å²) in [4.78, 5) is 12.8. The highest BCUT2D eigenvalue weighted by Crippen LogP contribution is 2.41. The lowest BCUT2D eigenvalue weighted by Crippen LogP contribution is -2.20. The van der Waals surface area contributed by atoms with Crippen molar-refractivity contribution >= 4 is 22.4 Å². The van der Waals surface area contributed by atoms with Crippen molar-refractivity contribution < 1.29 is 28.2 Å². The molecule has 0 unspecified atom stereocenters. The number of furan rings is 1. The van der Waals surface area contributed by atoms with Crippen molar-refractivity contribution in [3.8, 4) is 34.1 Å². The van der Waals surface area contributed by atoms with Crippen LogP contribution in [0, 0.1) is 6.92 Å². The largest absolute Gasteiger partial charge is 0.497 e. The van der Waals surface area contributed by atoms with Gasteiger partial charge in [0.25, 0.3) is 0 Å². The zero-order valence-electron chi connectivity index (χ0n) is 20.6. The summed E-state index contributed by atoms with van der Waals surface area (Å²) < 4.78 is 27.8. The average molecular weight is 486 g/mol. The van der Waals surface area contributed by atoms with E-state index in [9.17, 15) is 4.79 Å². The van der Waals surface area contributed by atoms with Crippen LogP contribution in [-0.4, -0.2) is 26.9 Å². The zero-order chi connectivity index (χ0) is 25.2. The van der Waals surface area contributed by atoms with Gasteiger partial charge in [-0.05, 0) is 60.9 Å². The maximum absolute atomic E-state index is 12.8. The molecule has 0 spiro atoms. The first kappa shape index (κ1) is 23.4. The Morgan fingerprint density at radius 2 is 1.89 bits per heavy atom. The number of rotatable bonds is 7. The van der Waals surface area contributed by atoms with Gasteiger partial charge in [-0.3, -0.25) is 4.79 Å². The second-order valence-corrected chi connectivity index (χ2v) is 8.57. The van der Waals surface area contributed by atoms with Gasteiger partial charge in [0.1, 0.15) is 17.1 Å². The van der Waals surface area contributed by atoms with E-state index in [1.165, 1.54) is 0 Å². The summed E-state index contributed by atoms with van der Waals surface area (Å²) in [5.41, 5.74) is 6.06. The molecule has 1 N–H and O–H groups in total. The van der Waals surface area contributed by atoms with Gasteiger partial charge in [0.05, 0.1) is 20.5 Å². The van der Waals surface area contributed by atoms with Crippen LogP contribution in [0.5, 0.6) is 23.0 Å². The molecule has 1 aliphatic rings. The molecule has 7 heteroatoms. The van der Waals surface area contributed by atoms with E-state index in [1.807, 2.05) is 62.4 Å². The molecule has 184 valence electrons. The van der Waals surface area contributed by atoms with E-state index in [-0.39, 0.29) is 12.7 Å². The number of carbonyl (C=O) groups excluding carboxylic acids is 1. The minimum absolute atomic E-state index is 0.204. The van der Waals surface area contributed by atoms with Crippen molar-refractivity contribution in [1.29, 1.82) is 0 Å². The molecule has 0 atom stereocenters. The Morgan fingerprint density at radius 3 is 2.69 bits per heavy atom. The number of fused-ring (bicyclic) bond motifs is 2. The Labute approximate surface area is 209 Å². The molecular weight excluding hydrogens is 458 g/mol. The quantitative estimate of drug-likeness (QED) is 0.330. The third-order valence-corrected chi connectivity index (χ3v) is 6.30. The first-order valence-corrected chi connectivity index (χ1v) is 11.6. The van der Waals surface area contributed by atoms with Crippen LogP contribution in [0.2, 0.25) is 0 Å². The standard InChI is InChI=1S/C29H27NO6/c1-17(10-27(31)30-14-19-8-9-25-26(11-19)36-16-35-25)22-13-23-24(20-6-5-7-21(12-20)32-3)15-34-29(23)18(2)28(22)33-4/h5-13,15H,14,16H2,1-4H3,(H,30,31)/b17-10+. The maximum Gasteiger partial charge on any atom is 0.244 e. The van der Waals surface area contributed by atoms with Gasteiger partial charge in [-0.1, -0.05) is 18.2 Å². The normalized spacial score (nSPS) is 12.6. The number of methoxy groups -OCH3 is 2. The maximum atomic E-state index is 12.8. The number of amides is 1. The van der Waals surface area contributed by atoms with Gasteiger partial charge in [0.2, 0.25) is 12.7 Å². The van der Waals surface area contributed by atoms with Crippen LogP contribution in [0.15, 0.2) is 65.3 Å². The molecular formula is C29H27NO6. The van der Waals surface area contributed by atoms with Crippen molar-refractivity contribution in [2.75, 3.05) is 21.0 Å². The van der Waals surface area contributed by atoms with E-state index in [0.29, 0.717) is 23.8 Å². The average Bonchev–Trinajstić information content (AvgIpc) is 3.54. The van der Waals surface area contributed by atoms with Gasteiger partial charge >= 0.3 is 0 Å². The molecule has 5 rings (SSSR count). The van der Waals surface area contributed by atoms with Crippen molar-refractivity contribution in [2.24, 2.45) is 0 Å². The van der Waals surface area contributed by atoms with Crippen LogP contribution < -0.4 is 24.3 Å². The van der Waals surface area contributed by atoms with Crippen LogP contribution in [-0.2, 0) is 11.3 Å². The molecule has 0 saturated carbocycles. The summed E-state index contributed by atoms with van der Waals surface area (Å²) in [5.74, 6) is 2.64. The van der Waals surface area contributed by atoms with Crippen LogP contribution in [0.4, 0.5) is 0 Å². The van der Waals surface area contributed by atoms with Crippen molar-refractivity contribution in [3.63, 3.8) is 0 Å². The van der Waals surface area contributed by atoms with Crippen molar-refractivity contribution in [2.45, 2.75) is 20.4 Å². The number of hydrogen-bond acceptors (Lipinski definition) is 6. The molecule has 0 aliphatic carbocycles. The molecule has 0 radical (unpaired) electrons. The number of ether oxygens (including phenoxy) is 4. The highest BCUT2D eigenvalue weighted by Gasteiger charge is 2.19. The lowest BCUT2D eigenvalue weighted by molar-refractivity contribution is -0.116. The number of nitrogens with one attached hydrogen (secondary N) is 1. The highest BCUT2D eigenvalue weighted by atomic mass is 16.7. The number of aryl methyl sites for hydroxylation is 1. The lowest BCUT2D eigenvalue weighted by atomic mass is 9.96. The van der Waals surface area contributed by atoms with Crippen LogP contribution in [0.25, 0.3) is 27.7 Å². The smallest absolute Gasteiger partial charge is 0.244 e. The highest BCUT2D eigenvalue weighted by molar-refractivity contribution is 6.01. The third-order valence-electron chi connectivity index (χ3n) is 6.30. The number of hydrogen-bond donors (Lipinski definition) is 1. The summed E-state index contributed by atoms with van der Waals surface area (Å²) in [6, 6.07) is 15.5. The Bertz CT molecular complexity index is 1480. The van der Waals surface area contributed by atoms with Crippen LogP contribution in [0.1, 0.15) is 23.6 Å². The monoisotopic (exact) mass is 485 g/mol. The molecule has 0 fully saturated rings. The third kappa shape index (κ3) is 4.35. The molecule has 0 bridgehead atoms. The number of benzene rings is 3. The number of allylic oxidation sites excluding steroid dienone is 1. The summed E-state index contributed by atoms with van der Waals surface area (Å²) in [7, 11) is 3.27. The molecule has 1 aromatic heterocycles. The van der Waals surface area contributed by atoms with Gasteiger partial charge < -0.3 is 28.7 Å². The van der Waals surface area contributed by atoms with E-state index < -0.39 is 0 Å². The topological polar surface area (TPSA) is 79.2 Å². The lowest BCUT2D eigenvalue weighted by Gasteiger charge is -2.13. The predicted molar refractivity (Wildman–Crippen MR) is 138 cm³/mol. The van der Waals surface area contributed by atoms with Crippen molar-refractivity contribution in [1.82, 2.24) is 5.32 Å². The molecule has 3 aromatic carbocycles. The molecule has 4 aromatic rings. The summed E-state index contributed by atoms with van der Waals surface area (Å²) in [6.07, 6.45) is 3.33.